The first-order chi connectivity index (χ1) is 13.3. The molecule has 2 aromatic carbocycles. The molecular formula is C23H21ClO4. The molecular weight excluding hydrogens is 376 g/mol. The summed E-state index contributed by atoms with van der Waals surface area (Å²) in [6, 6.07) is 12.4. The monoisotopic (exact) mass is 396 g/mol. The smallest absolute Gasteiger partial charge is 0.336 e. The van der Waals surface area contributed by atoms with Crippen molar-refractivity contribution in [2.75, 3.05) is 0 Å². The van der Waals surface area contributed by atoms with E-state index in [4.69, 9.17) is 20.8 Å². The number of ether oxygens (including phenoxy) is 1. The fraction of sp³-hybridized carbons (Fsp3) is 0.217. The molecule has 0 fully saturated rings. The zero-order valence-corrected chi connectivity index (χ0v) is 16.7. The fourth-order valence-electron chi connectivity index (χ4n) is 3.10. The molecule has 0 radical (unpaired) electrons. The van der Waals surface area contributed by atoms with Crippen LogP contribution in [0.3, 0.4) is 0 Å². The number of halogens is 1. The van der Waals surface area contributed by atoms with Crippen molar-refractivity contribution >= 4 is 34.6 Å². The third-order valence-electron chi connectivity index (χ3n) is 4.47. The van der Waals surface area contributed by atoms with Crippen LogP contribution in [0.15, 0.2) is 57.8 Å². The summed E-state index contributed by atoms with van der Waals surface area (Å²) in [4.78, 5) is 24.0. The highest BCUT2D eigenvalue weighted by atomic mass is 35.5. The highest BCUT2D eigenvalue weighted by molar-refractivity contribution is 6.30. The molecule has 144 valence electrons. The van der Waals surface area contributed by atoms with Gasteiger partial charge >= 0.3 is 11.6 Å². The minimum Gasteiger partial charge on any atom is -0.458 e. The van der Waals surface area contributed by atoms with E-state index < -0.39 is 11.6 Å². The van der Waals surface area contributed by atoms with E-state index in [9.17, 15) is 9.59 Å². The SMILES string of the molecule is Cc1cc2oc(=O)cc(COC(=O)/C=C/c3cccc(Cl)c3)c2cc1C(C)C. The molecule has 0 aliphatic heterocycles. The lowest BCUT2D eigenvalue weighted by molar-refractivity contribution is -0.138. The lowest BCUT2D eigenvalue weighted by Gasteiger charge is -2.13. The Hall–Kier alpha value is -2.85. The van der Waals surface area contributed by atoms with Crippen molar-refractivity contribution in [3.05, 3.63) is 86.2 Å². The Kier molecular flexibility index (Phi) is 6.00. The number of carbonyl (C=O) groups excluding carboxylic acids is 1. The fourth-order valence-corrected chi connectivity index (χ4v) is 3.30. The quantitative estimate of drug-likeness (QED) is 0.318. The van der Waals surface area contributed by atoms with Gasteiger partial charge in [0.15, 0.2) is 0 Å². The van der Waals surface area contributed by atoms with Gasteiger partial charge in [0.25, 0.3) is 0 Å². The van der Waals surface area contributed by atoms with E-state index in [2.05, 4.69) is 13.8 Å². The maximum absolute atomic E-state index is 12.1. The average molecular weight is 397 g/mol. The number of hydrogen-bond donors (Lipinski definition) is 0. The summed E-state index contributed by atoms with van der Waals surface area (Å²) >= 11 is 5.93. The summed E-state index contributed by atoms with van der Waals surface area (Å²) in [5.41, 5.74) is 3.67. The molecule has 5 heteroatoms. The maximum atomic E-state index is 12.1. The third kappa shape index (κ3) is 4.70. The van der Waals surface area contributed by atoms with Gasteiger partial charge in [0.1, 0.15) is 12.2 Å². The van der Waals surface area contributed by atoms with Crippen molar-refractivity contribution in [3.63, 3.8) is 0 Å². The summed E-state index contributed by atoms with van der Waals surface area (Å²) in [6.45, 7) is 6.19. The first-order valence-electron chi connectivity index (χ1n) is 9.01. The molecule has 0 saturated carbocycles. The molecule has 0 saturated heterocycles. The summed E-state index contributed by atoms with van der Waals surface area (Å²) in [6.07, 6.45) is 2.97. The van der Waals surface area contributed by atoms with E-state index >= 15 is 0 Å². The lowest BCUT2D eigenvalue weighted by Crippen LogP contribution is -2.06. The second-order valence-electron chi connectivity index (χ2n) is 6.95. The van der Waals surface area contributed by atoms with Gasteiger partial charge in [-0.25, -0.2) is 9.59 Å². The van der Waals surface area contributed by atoms with Gasteiger partial charge in [0.05, 0.1) is 0 Å². The molecule has 0 aliphatic rings. The van der Waals surface area contributed by atoms with Gasteiger partial charge < -0.3 is 9.15 Å². The van der Waals surface area contributed by atoms with Crippen molar-refractivity contribution in [2.45, 2.75) is 33.3 Å². The first-order valence-corrected chi connectivity index (χ1v) is 9.39. The zero-order chi connectivity index (χ0) is 20.3. The van der Waals surface area contributed by atoms with E-state index in [0.29, 0.717) is 22.1 Å². The molecule has 1 aromatic heterocycles. The number of aryl methyl sites for hydroxylation is 1. The Morgan fingerprint density at radius 1 is 1.21 bits per heavy atom. The number of benzene rings is 2. The van der Waals surface area contributed by atoms with Crippen molar-refractivity contribution in [3.8, 4) is 0 Å². The lowest BCUT2D eigenvalue weighted by atomic mass is 9.95. The summed E-state index contributed by atoms with van der Waals surface area (Å²) in [7, 11) is 0. The molecule has 0 amide bonds. The third-order valence-corrected chi connectivity index (χ3v) is 4.70. The molecule has 0 spiro atoms. The van der Waals surface area contributed by atoms with E-state index in [0.717, 1.165) is 22.1 Å². The second-order valence-corrected chi connectivity index (χ2v) is 7.38. The standard InChI is InChI=1S/C23H21ClO4/c1-14(2)19-12-20-17(11-23(26)28-21(20)9-15(19)3)13-27-22(25)8-7-16-5-4-6-18(24)10-16/h4-12,14H,13H2,1-3H3/b8-7+. The van der Waals surface area contributed by atoms with Gasteiger partial charge in [-0.2, -0.15) is 0 Å². The molecule has 3 aromatic rings. The van der Waals surface area contributed by atoms with E-state index in [1.807, 2.05) is 25.1 Å². The maximum Gasteiger partial charge on any atom is 0.336 e. The normalized spacial score (nSPS) is 11.5. The number of fused-ring (bicyclic) bond motifs is 1. The van der Waals surface area contributed by atoms with E-state index in [-0.39, 0.29) is 6.61 Å². The molecule has 0 unspecified atom stereocenters. The summed E-state index contributed by atoms with van der Waals surface area (Å²) in [5, 5.41) is 1.37. The predicted molar refractivity (Wildman–Crippen MR) is 112 cm³/mol. The largest absolute Gasteiger partial charge is 0.458 e. The second kappa shape index (κ2) is 8.44. The topological polar surface area (TPSA) is 56.5 Å². The van der Waals surface area contributed by atoms with Crippen LogP contribution in [0, 0.1) is 6.92 Å². The van der Waals surface area contributed by atoms with Crippen LogP contribution in [0.5, 0.6) is 0 Å². The Bertz CT molecular complexity index is 1110. The van der Waals surface area contributed by atoms with Crippen molar-refractivity contribution in [1.82, 2.24) is 0 Å². The molecule has 4 nitrogen and oxygen atoms in total. The molecule has 0 aliphatic carbocycles. The van der Waals surface area contributed by atoms with Crippen LogP contribution in [0.1, 0.15) is 42.0 Å². The van der Waals surface area contributed by atoms with Crippen LogP contribution in [0.25, 0.3) is 17.0 Å². The summed E-state index contributed by atoms with van der Waals surface area (Å²) < 4.78 is 10.7. The van der Waals surface area contributed by atoms with Gasteiger partial charge in [-0.05, 0) is 59.9 Å². The van der Waals surface area contributed by atoms with Gasteiger partial charge in [0.2, 0.25) is 0 Å². The van der Waals surface area contributed by atoms with Crippen LogP contribution >= 0.6 is 11.6 Å². The number of carbonyl (C=O) groups is 1. The van der Waals surface area contributed by atoms with Gasteiger partial charge in [-0.3, -0.25) is 0 Å². The molecule has 0 bridgehead atoms. The number of hydrogen-bond acceptors (Lipinski definition) is 4. The van der Waals surface area contributed by atoms with E-state index in [1.54, 1.807) is 24.3 Å². The minimum atomic E-state index is -0.502. The Labute approximate surface area is 168 Å². The van der Waals surface area contributed by atoms with Crippen LogP contribution < -0.4 is 5.63 Å². The van der Waals surface area contributed by atoms with Gasteiger partial charge in [0, 0.05) is 28.1 Å². The van der Waals surface area contributed by atoms with Crippen molar-refractivity contribution < 1.29 is 13.9 Å². The van der Waals surface area contributed by atoms with Crippen LogP contribution in [-0.4, -0.2) is 5.97 Å². The highest BCUT2D eigenvalue weighted by Gasteiger charge is 2.12. The number of rotatable bonds is 5. The Balaban J connectivity index is 1.82. The molecule has 0 atom stereocenters. The summed E-state index contributed by atoms with van der Waals surface area (Å²) in [5.74, 6) is -0.176. The molecule has 28 heavy (non-hydrogen) atoms. The molecule has 3 rings (SSSR count). The van der Waals surface area contributed by atoms with Crippen LogP contribution in [0.4, 0.5) is 0 Å². The van der Waals surface area contributed by atoms with Gasteiger partial charge in [-0.15, -0.1) is 0 Å². The Morgan fingerprint density at radius 2 is 2.00 bits per heavy atom. The van der Waals surface area contributed by atoms with Crippen LogP contribution in [0.2, 0.25) is 5.02 Å². The molecule has 1 heterocycles. The van der Waals surface area contributed by atoms with Crippen LogP contribution in [-0.2, 0) is 16.1 Å². The minimum absolute atomic E-state index is 0.0125. The van der Waals surface area contributed by atoms with Crippen molar-refractivity contribution in [1.29, 1.82) is 0 Å². The zero-order valence-electron chi connectivity index (χ0n) is 16.0. The average Bonchev–Trinajstić information content (AvgIpc) is 2.63. The molecule has 0 N–H and O–H groups in total. The van der Waals surface area contributed by atoms with E-state index in [1.165, 1.54) is 12.1 Å². The Morgan fingerprint density at radius 3 is 2.71 bits per heavy atom. The van der Waals surface area contributed by atoms with Crippen molar-refractivity contribution in [2.24, 2.45) is 0 Å². The highest BCUT2D eigenvalue weighted by Crippen LogP contribution is 2.27. The van der Waals surface area contributed by atoms with Gasteiger partial charge in [-0.1, -0.05) is 37.6 Å². The number of esters is 1. The first kappa shape index (κ1) is 19.9. The predicted octanol–water partition coefficient (Wildman–Crippen LogP) is 5.63.